The van der Waals surface area contributed by atoms with Gasteiger partial charge in [0.2, 0.25) is 0 Å². The largest absolute Gasteiger partial charge is 0.489 e. The van der Waals surface area contributed by atoms with Gasteiger partial charge in [0, 0.05) is 12.7 Å². The molecule has 162 valence electrons. The van der Waals surface area contributed by atoms with E-state index in [0.29, 0.717) is 28.3 Å². The van der Waals surface area contributed by atoms with Crippen LogP contribution in [0.3, 0.4) is 0 Å². The van der Waals surface area contributed by atoms with Gasteiger partial charge in [-0.1, -0.05) is 60.2 Å². The normalized spacial score (nSPS) is 13.8. The van der Waals surface area contributed by atoms with Gasteiger partial charge in [-0.25, -0.2) is 4.90 Å². The lowest BCUT2D eigenvalue weighted by molar-refractivity contribution is -0.120. The summed E-state index contributed by atoms with van der Waals surface area (Å²) < 4.78 is 5.91. The summed E-state index contributed by atoms with van der Waals surface area (Å²) in [6.07, 6.45) is -0.0973. The van der Waals surface area contributed by atoms with E-state index in [0.717, 1.165) is 11.3 Å². The minimum absolute atomic E-state index is 0.0973. The number of para-hydroxylation sites is 3. The summed E-state index contributed by atoms with van der Waals surface area (Å²) in [5.74, 6) is -0.246. The van der Waals surface area contributed by atoms with E-state index >= 15 is 0 Å². The van der Waals surface area contributed by atoms with Crippen molar-refractivity contribution in [1.82, 2.24) is 0 Å². The third-order valence-electron chi connectivity index (χ3n) is 5.35. The first-order valence-corrected chi connectivity index (χ1v) is 10.6. The van der Waals surface area contributed by atoms with Crippen LogP contribution in [-0.2, 0) is 9.59 Å². The van der Waals surface area contributed by atoms with Gasteiger partial charge in [-0.2, -0.15) is 0 Å². The van der Waals surface area contributed by atoms with Gasteiger partial charge in [-0.15, -0.1) is 0 Å². The number of ether oxygens (including phenoxy) is 1. The third kappa shape index (κ3) is 3.89. The molecule has 0 aliphatic carbocycles. The molecule has 2 amide bonds. The summed E-state index contributed by atoms with van der Waals surface area (Å²) in [4.78, 5) is 30.5. The Morgan fingerprint density at radius 1 is 0.812 bits per heavy atom. The third-order valence-corrected chi connectivity index (χ3v) is 5.35. The molecule has 1 aliphatic rings. The molecule has 0 aromatic heterocycles. The number of benzene rings is 3. The standard InChI is InChI=1S/C27H26N2O3/c1-18(2)32-23-13-9-8-12-22(23)29-26(30)24(20-16-14-19(3)15-17-20)25(27(29)31)28(4)21-10-6-5-7-11-21/h5-18H,1-4H3. The van der Waals surface area contributed by atoms with E-state index in [9.17, 15) is 9.59 Å². The summed E-state index contributed by atoms with van der Waals surface area (Å²) in [5.41, 5.74) is 3.76. The topological polar surface area (TPSA) is 49.9 Å². The number of rotatable bonds is 6. The monoisotopic (exact) mass is 426 g/mol. The van der Waals surface area contributed by atoms with Crippen molar-refractivity contribution in [3.63, 3.8) is 0 Å². The van der Waals surface area contributed by atoms with Gasteiger partial charge in [-0.3, -0.25) is 9.59 Å². The molecule has 1 heterocycles. The molecule has 0 bridgehead atoms. The molecule has 0 saturated carbocycles. The minimum atomic E-state index is -0.378. The van der Waals surface area contributed by atoms with Gasteiger partial charge in [0.25, 0.3) is 11.8 Å². The Labute approximate surface area is 188 Å². The molecule has 3 aromatic carbocycles. The van der Waals surface area contributed by atoms with Crippen molar-refractivity contribution in [3.05, 3.63) is 95.7 Å². The van der Waals surface area contributed by atoms with Gasteiger partial charge in [0.05, 0.1) is 17.4 Å². The van der Waals surface area contributed by atoms with Gasteiger partial charge < -0.3 is 9.64 Å². The zero-order chi connectivity index (χ0) is 22.8. The lowest BCUT2D eigenvalue weighted by atomic mass is 10.0. The van der Waals surface area contributed by atoms with Crippen molar-refractivity contribution in [1.29, 1.82) is 0 Å². The molecular formula is C27H26N2O3. The lowest BCUT2D eigenvalue weighted by Gasteiger charge is -2.23. The number of likely N-dealkylation sites (N-methyl/N-ethyl adjacent to an activating group) is 1. The maximum atomic E-state index is 13.8. The number of aryl methyl sites for hydroxylation is 1. The number of imide groups is 1. The highest BCUT2D eigenvalue weighted by Gasteiger charge is 2.43. The SMILES string of the molecule is Cc1ccc(C2=C(N(C)c3ccccc3)C(=O)N(c3ccccc3OC(C)C)C2=O)cc1. The lowest BCUT2D eigenvalue weighted by Crippen LogP contribution is -2.34. The van der Waals surface area contributed by atoms with Crippen LogP contribution in [0.2, 0.25) is 0 Å². The smallest absolute Gasteiger partial charge is 0.282 e. The number of hydrogen-bond acceptors (Lipinski definition) is 4. The molecule has 5 nitrogen and oxygen atoms in total. The van der Waals surface area contributed by atoms with Gasteiger partial charge in [-0.05, 0) is 50.6 Å². The molecule has 0 atom stereocenters. The van der Waals surface area contributed by atoms with E-state index in [-0.39, 0.29) is 17.9 Å². The van der Waals surface area contributed by atoms with Crippen molar-refractivity contribution in [3.8, 4) is 5.75 Å². The van der Waals surface area contributed by atoms with Gasteiger partial charge in [0.15, 0.2) is 0 Å². The molecule has 4 rings (SSSR count). The van der Waals surface area contributed by atoms with Crippen LogP contribution in [0.15, 0.2) is 84.6 Å². The molecule has 0 fully saturated rings. The number of anilines is 2. The second-order valence-electron chi connectivity index (χ2n) is 8.06. The zero-order valence-corrected chi connectivity index (χ0v) is 18.7. The number of carbonyl (C=O) groups is 2. The Kier molecular flexibility index (Phi) is 5.82. The van der Waals surface area contributed by atoms with E-state index in [1.54, 1.807) is 23.1 Å². The number of amides is 2. The van der Waals surface area contributed by atoms with Crippen LogP contribution < -0.4 is 14.5 Å². The highest BCUT2D eigenvalue weighted by atomic mass is 16.5. The molecule has 5 heteroatoms. The second kappa shape index (κ2) is 8.71. The quantitative estimate of drug-likeness (QED) is 0.508. The van der Waals surface area contributed by atoms with E-state index in [1.165, 1.54) is 4.90 Å². The highest BCUT2D eigenvalue weighted by Crippen LogP contribution is 2.39. The fourth-order valence-electron chi connectivity index (χ4n) is 3.80. The van der Waals surface area contributed by atoms with Crippen molar-refractivity contribution in [2.75, 3.05) is 16.8 Å². The van der Waals surface area contributed by atoms with Crippen LogP contribution in [0.25, 0.3) is 5.57 Å². The van der Waals surface area contributed by atoms with Gasteiger partial charge >= 0.3 is 0 Å². The molecular weight excluding hydrogens is 400 g/mol. The van der Waals surface area contributed by atoms with Crippen molar-refractivity contribution >= 4 is 28.8 Å². The molecule has 0 spiro atoms. The van der Waals surface area contributed by atoms with Crippen LogP contribution in [0, 0.1) is 6.92 Å². The second-order valence-corrected chi connectivity index (χ2v) is 8.06. The molecule has 0 saturated heterocycles. The number of nitrogens with zero attached hydrogens (tertiary/aromatic N) is 2. The highest BCUT2D eigenvalue weighted by molar-refractivity contribution is 6.46. The Morgan fingerprint density at radius 3 is 2.09 bits per heavy atom. The molecule has 1 aliphatic heterocycles. The van der Waals surface area contributed by atoms with Crippen molar-refractivity contribution < 1.29 is 14.3 Å². The number of carbonyl (C=O) groups excluding carboxylic acids is 2. The van der Waals surface area contributed by atoms with Crippen LogP contribution in [0.5, 0.6) is 5.75 Å². The summed E-state index contributed by atoms with van der Waals surface area (Å²) in [6, 6.07) is 24.4. The molecule has 0 N–H and O–H groups in total. The van der Waals surface area contributed by atoms with Crippen LogP contribution >= 0.6 is 0 Å². The zero-order valence-electron chi connectivity index (χ0n) is 18.7. The Bertz CT molecular complexity index is 1180. The summed E-state index contributed by atoms with van der Waals surface area (Å²) >= 11 is 0. The van der Waals surface area contributed by atoms with Crippen molar-refractivity contribution in [2.24, 2.45) is 0 Å². The van der Waals surface area contributed by atoms with E-state index in [1.807, 2.05) is 88.5 Å². The Balaban J connectivity index is 1.87. The van der Waals surface area contributed by atoms with Crippen molar-refractivity contribution in [2.45, 2.75) is 26.9 Å². The minimum Gasteiger partial charge on any atom is -0.489 e. The predicted octanol–water partition coefficient (Wildman–Crippen LogP) is 5.20. The predicted molar refractivity (Wildman–Crippen MR) is 128 cm³/mol. The fourth-order valence-corrected chi connectivity index (χ4v) is 3.80. The summed E-state index contributed by atoms with van der Waals surface area (Å²) in [7, 11) is 1.81. The summed E-state index contributed by atoms with van der Waals surface area (Å²) in [5, 5.41) is 0. The van der Waals surface area contributed by atoms with Gasteiger partial charge in [0.1, 0.15) is 11.4 Å². The average molecular weight is 427 g/mol. The Morgan fingerprint density at radius 2 is 1.44 bits per heavy atom. The maximum Gasteiger partial charge on any atom is 0.282 e. The summed E-state index contributed by atoms with van der Waals surface area (Å²) in [6.45, 7) is 5.81. The Hall–Kier alpha value is -3.86. The first kappa shape index (κ1) is 21.4. The first-order valence-electron chi connectivity index (χ1n) is 10.6. The average Bonchev–Trinajstić information content (AvgIpc) is 3.04. The number of hydrogen-bond donors (Lipinski definition) is 0. The van der Waals surface area contributed by atoms with Crippen LogP contribution in [0.1, 0.15) is 25.0 Å². The molecule has 32 heavy (non-hydrogen) atoms. The molecule has 3 aromatic rings. The van der Waals surface area contributed by atoms with E-state index in [2.05, 4.69) is 0 Å². The first-order chi connectivity index (χ1) is 15.4. The van der Waals surface area contributed by atoms with Crippen LogP contribution in [0.4, 0.5) is 11.4 Å². The van der Waals surface area contributed by atoms with E-state index < -0.39 is 0 Å². The molecule has 0 unspecified atom stereocenters. The maximum absolute atomic E-state index is 13.8. The molecule has 0 radical (unpaired) electrons. The van der Waals surface area contributed by atoms with Crippen LogP contribution in [-0.4, -0.2) is 25.0 Å². The fraction of sp³-hybridized carbons (Fsp3) is 0.185. The van der Waals surface area contributed by atoms with E-state index in [4.69, 9.17) is 4.74 Å².